The summed E-state index contributed by atoms with van der Waals surface area (Å²) in [5, 5.41) is 0. The van der Waals surface area contributed by atoms with E-state index in [4.69, 9.17) is 4.74 Å². The fourth-order valence-electron chi connectivity index (χ4n) is 1.34. The minimum Gasteiger partial charge on any atom is -0.412 e. The molecule has 0 spiro atoms. The van der Waals surface area contributed by atoms with Crippen LogP contribution in [-0.2, 0) is 30.6 Å². The molecule has 2 aliphatic heterocycles. The van der Waals surface area contributed by atoms with Crippen LogP contribution >= 0.6 is 24.8 Å². The van der Waals surface area contributed by atoms with Gasteiger partial charge >= 0.3 is 0 Å². The Morgan fingerprint density at radius 2 is 2.00 bits per heavy atom. The van der Waals surface area contributed by atoms with Gasteiger partial charge in [0.2, 0.25) is 0 Å². The molecule has 2 heterocycles. The maximum Gasteiger partial charge on any atom is 0.0176 e. The summed E-state index contributed by atoms with van der Waals surface area (Å²) in [5.74, 6) is 0. The van der Waals surface area contributed by atoms with E-state index < -0.39 is 0 Å². The van der Waals surface area contributed by atoms with Crippen molar-refractivity contribution in [3.63, 3.8) is 0 Å². The molecule has 1 atom stereocenters. The van der Waals surface area contributed by atoms with Crippen molar-refractivity contribution >= 4 is 24.8 Å². The zero-order valence-electron chi connectivity index (χ0n) is 8.76. The van der Waals surface area contributed by atoms with Gasteiger partial charge in [0.15, 0.2) is 0 Å². The maximum atomic E-state index is 5.32. The predicted molar refractivity (Wildman–Crippen MR) is 67.1 cm³/mol. The first-order valence-electron chi connectivity index (χ1n) is 4.55. The molecule has 0 aromatic rings. The summed E-state index contributed by atoms with van der Waals surface area (Å²) < 4.78 is 5.32. The number of halogens is 2. The molecule has 4 heteroatoms. The van der Waals surface area contributed by atoms with Gasteiger partial charge in [0.05, 0.1) is 0 Å². The van der Waals surface area contributed by atoms with Gasteiger partial charge in [0.25, 0.3) is 0 Å². The molecule has 0 N–H and O–H groups in total. The van der Waals surface area contributed by atoms with Gasteiger partial charge in [-0.1, -0.05) is 6.42 Å². The maximum absolute atomic E-state index is 5.32. The molecule has 3 rings (SSSR count). The molecule has 1 aliphatic carbocycles. The molecule has 1 unspecified atom stereocenters. The second kappa shape index (κ2) is 10.4. The van der Waals surface area contributed by atoms with Crippen LogP contribution in [0, 0.1) is 12.2 Å². The van der Waals surface area contributed by atoms with Crippen molar-refractivity contribution in [3.05, 3.63) is 54.7 Å². The second-order valence-electron chi connectivity index (χ2n) is 3.06. The Balaban J connectivity index is 0. The summed E-state index contributed by atoms with van der Waals surface area (Å²) in [6, 6.07) is 0. The molecule has 0 fully saturated rings. The molecule has 2 bridgehead atoms. The fraction of sp³-hybridized carbons (Fsp3) is 0.250. The molecule has 0 saturated carbocycles. The van der Waals surface area contributed by atoms with Gasteiger partial charge in [-0.25, -0.2) is 12.2 Å². The van der Waals surface area contributed by atoms with Crippen LogP contribution in [0.1, 0.15) is 12.8 Å². The van der Waals surface area contributed by atoms with Crippen molar-refractivity contribution in [2.24, 2.45) is 0 Å². The van der Waals surface area contributed by atoms with Crippen LogP contribution in [0.25, 0.3) is 0 Å². The Morgan fingerprint density at radius 3 is 2.44 bits per heavy atom. The molecule has 16 heavy (non-hydrogen) atoms. The van der Waals surface area contributed by atoms with Crippen LogP contribution < -0.4 is 0 Å². The zero-order chi connectivity index (χ0) is 8.93. The quantitative estimate of drug-likeness (QED) is 0.427. The predicted octanol–water partition coefficient (Wildman–Crippen LogP) is 3.58. The van der Waals surface area contributed by atoms with E-state index in [0.717, 1.165) is 18.9 Å². The first kappa shape index (κ1) is 18.6. The minimum absolute atomic E-state index is 0. The third-order valence-corrected chi connectivity index (χ3v) is 2.00. The van der Waals surface area contributed by atoms with E-state index in [0.29, 0.717) is 6.10 Å². The number of hydrogen-bond acceptors (Lipinski definition) is 1. The van der Waals surface area contributed by atoms with Crippen molar-refractivity contribution in [3.8, 4) is 0 Å². The van der Waals surface area contributed by atoms with Crippen LogP contribution in [-0.4, -0.2) is 6.10 Å². The molecule has 0 radical (unpaired) electrons. The Morgan fingerprint density at radius 1 is 1.19 bits per heavy atom. The van der Waals surface area contributed by atoms with Crippen LogP contribution in [0.4, 0.5) is 0 Å². The summed E-state index contributed by atoms with van der Waals surface area (Å²) in [5.41, 5.74) is 0. The molecular formula is C12H14Cl2HfO-2. The van der Waals surface area contributed by atoms with Crippen LogP contribution in [0.15, 0.2) is 42.5 Å². The number of allylic oxidation sites excluding steroid dienone is 4. The second-order valence-corrected chi connectivity index (χ2v) is 3.06. The van der Waals surface area contributed by atoms with Gasteiger partial charge in [-0.2, -0.15) is 18.2 Å². The van der Waals surface area contributed by atoms with Crippen molar-refractivity contribution in [1.82, 2.24) is 0 Å². The number of fused-ring (bicyclic) bond motifs is 2. The molecular weight excluding hydrogens is 410 g/mol. The molecule has 3 aliphatic rings. The van der Waals surface area contributed by atoms with Gasteiger partial charge in [-0.15, -0.1) is 43.4 Å². The number of hydrogen-bond donors (Lipinski definition) is 0. The first-order valence-corrected chi connectivity index (χ1v) is 4.55. The fourth-order valence-corrected chi connectivity index (χ4v) is 1.34. The Labute approximate surface area is 128 Å². The van der Waals surface area contributed by atoms with E-state index in [1.807, 2.05) is 24.3 Å². The normalized spacial score (nSPS) is 21.5. The molecule has 0 amide bonds. The Kier molecular flexibility index (Phi) is 12.1. The van der Waals surface area contributed by atoms with E-state index in [1.165, 1.54) is 0 Å². The van der Waals surface area contributed by atoms with Gasteiger partial charge in [-0.05, 0) is 6.10 Å². The largest absolute Gasteiger partial charge is 0.412 e. The summed E-state index contributed by atoms with van der Waals surface area (Å²) in [6.07, 6.45) is 20.7. The van der Waals surface area contributed by atoms with Gasteiger partial charge in [-0.3, -0.25) is 6.08 Å². The van der Waals surface area contributed by atoms with Crippen molar-refractivity contribution in [1.29, 1.82) is 0 Å². The van der Waals surface area contributed by atoms with Crippen LogP contribution in [0.2, 0.25) is 0 Å². The van der Waals surface area contributed by atoms with Crippen LogP contribution in [0.3, 0.4) is 0 Å². The smallest absolute Gasteiger partial charge is 0.0176 e. The van der Waals surface area contributed by atoms with E-state index in [2.05, 4.69) is 24.3 Å². The molecule has 0 saturated heterocycles. The summed E-state index contributed by atoms with van der Waals surface area (Å²) in [7, 11) is 0. The Bertz CT molecular complexity index is 273. The van der Waals surface area contributed by atoms with Crippen molar-refractivity contribution in [2.75, 3.05) is 0 Å². The first-order chi connectivity index (χ1) is 6.45. The Hall–Kier alpha value is 0.240. The third kappa shape index (κ3) is 6.09. The summed E-state index contributed by atoms with van der Waals surface area (Å²) in [6.45, 7) is 0. The van der Waals surface area contributed by atoms with Crippen molar-refractivity contribution < 1.29 is 30.6 Å². The average Bonchev–Trinajstić information content (AvgIpc) is 2.80. The minimum atomic E-state index is 0. The van der Waals surface area contributed by atoms with Crippen LogP contribution in [0.5, 0.6) is 0 Å². The molecule has 0 aromatic heterocycles. The van der Waals surface area contributed by atoms with Gasteiger partial charge in [0.1, 0.15) is 0 Å². The zero-order valence-corrected chi connectivity index (χ0v) is 14.0. The monoisotopic (exact) mass is 424 g/mol. The molecule has 1 nitrogen and oxygen atoms in total. The summed E-state index contributed by atoms with van der Waals surface area (Å²) >= 11 is 0. The van der Waals surface area contributed by atoms with E-state index >= 15 is 0 Å². The third-order valence-electron chi connectivity index (χ3n) is 2.00. The standard InChI is InChI=1S/C7H7O.C5H5.2ClH.Hf/c1-2-6-4-5-7(3-1)8-6;1-2-4-5-3-1;;;/h1-2,4-5,7H,3H2;1-3H,4H2;2*1H;/q2*-1;;;. The van der Waals surface area contributed by atoms with E-state index in [1.54, 1.807) is 0 Å². The SMILES string of the molecule is C1=C[C-]2C=CC(C1)O2.Cl.Cl.[C-]1=CC=CC1.[Hf]. The number of rotatable bonds is 0. The van der Waals surface area contributed by atoms with Gasteiger partial charge < -0.3 is 4.74 Å². The molecule has 88 valence electrons. The van der Waals surface area contributed by atoms with Crippen molar-refractivity contribution in [2.45, 2.75) is 18.9 Å². The molecule has 0 aromatic carbocycles. The van der Waals surface area contributed by atoms with E-state index in [-0.39, 0.29) is 50.7 Å². The summed E-state index contributed by atoms with van der Waals surface area (Å²) in [4.78, 5) is 0. The van der Waals surface area contributed by atoms with Gasteiger partial charge in [0, 0.05) is 31.9 Å². The van der Waals surface area contributed by atoms with E-state index in [9.17, 15) is 0 Å². The number of ether oxygens (including phenoxy) is 1. The topological polar surface area (TPSA) is 9.23 Å². The average molecular weight is 424 g/mol.